The van der Waals surface area contributed by atoms with Crippen molar-refractivity contribution in [2.75, 3.05) is 5.43 Å². The Hall–Kier alpha value is -3.41. The average Bonchev–Trinajstić information content (AvgIpc) is 2.63. The Morgan fingerprint density at radius 2 is 1.78 bits per heavy atom. The lowest BCUT2D eigenvalue weighted by Gasteiger charge is -2.39. The van der Waals surface area contributed by atoms with Crippen molar-refractivity contribution in [3.63, 3.8) is 0 Å². The third-order valence-corrected chi connectivity index (χ3v) is 3.92. The van der Waals surface area contributed by atoms with Gasteiger partial charge in [-0.3, -0.25) is 25.2 Å². The standard InChI is InChI=1S/C20H32N6O6/c1-19(2,3)26(13(17(29)30)8-9-14(21)27)25-16(28)12-7-10-15(22-11-12)23-24-18(31)32-20(4,5)6/h7,10-11,13H,8-9H2,1-6H3,(H2,21,27)(H,22,23)(H,24,31)(H,25,28)(H,29,30)/t13-/m0/s1. The van der Waals surface area contributed by atoms with Crippen molar-refractivity contribution in [3.05, 3.63) is 23.9 Å². The van der Waals surface area contributed by atoms with Crippen LogP contribution in [0.25, 0.3) is 0 Å². The van der Waals surface area contributed by atoms with Gasteiger partial charge in [0.25, 0.3) is 5.91 Å². The first-order valence-corrected chi connectivity index (χ1v) is 9.92. The molecule has 0 aliphatic heterocycles. The van der Waals surface area contributed by atoms with E-state index < -0.39 is 41.1 Å². The lowest BCUT2D eigenvalue weighted by molar-refractivity contribution is -0.147. The van der Waals surface area contributed by atoms with E-state index in [-0.39, 0.29) is 24.2 Å². The summed E-state index contributed by atoms with van der Waals surface area (Å²) in [7, 11) is 0. The molecule has 0 unspecified atom stereocenters. The number of nitrogens with one attached hydrogen (secondary N) is 3. The summed E-state index contributed by atoms with van der Waals surface area (Å²) >= 11 is 0. The first-order chi connectivity index (χ1) is 14.6. The number of aliphatic carboxylic acids is 1. The molecule has 12 nitrogen and oxygen atoms in total. The van der Waals surface area contributed by atoms with Gasteiger partial charge in [0.2, 0.25) is 5.91 Å². The van der Waals surface area contributed by atoms with Crippen LogP contribution in [0.2, 0.25) is 0 Å². The number of pyridine rings is 1. The van der Waals surface area contributed by atoms with Crippen molar-refractivity contribution >= 4 is 29.7 Å². The molecule has 32 heavy (non-hydrogen) atoms. The molecule has 12 heteroatoms. The molecule has 0 aliphatic rings. The van der Waals surface area contributed by atoms with Crippen molar-refractivity contribution in [3.8, 4) is 0 Å². The van der Waals surface area contributed by atoms with E-state index in [0.717, 1.165) is 0 Å². The van der Waals surface area contributed by atoms with Crippen LogP contribution in [0.1, 0.15) is 64.7 Å². The molecule has 0 aromatic carbocycles. The molecule has 0 aliphatic carbocycles. The summed E-state index contributed by atoms with van der Waals surface area (Å²) < 4.78 is 5.09. The number of hydrogen-bond donors (Lipinski definition) is 5. The van der Waals surface area contributed by atoms with Crippen LogP contribution in [0.15, 0.2) is 18.3 Å². The van der Waals surface area contributed by atoms with Crippen LogP contribution in [0.4, 0.5) is 10.6 Å². The van der Waals surface area contributed by atoms with Gasteiger partial charge in [0.15, 0.2) is 0 Å². The number of anilines is 1. The second-order valence-electron chi connectivity index (χ2n) is 9.02. The maximum atomic E-state index is 12.7. The summed E-state index contributed by atoms with van der Waals surface area (Å²) in [6, 6.07) is 1.73. The third-order valence-electron chi connectivity index (χ3n) is 3.92. The molecule has 178 valence electrons. The number of carboxylic acid groups (broad SMARTS) is 1. The topological polar surface area (TPSA) is 176 Å². The van der Waals surface area contributed by atoms with Crippen LogP contribution in [0.5, 0.6) is 0 Å². The monoisotopic (exact) mass is 452 g/mol. The second-order valence-corrected chi connectivity index (χ2v) is 9.02. The Labute approximate surface area is 186 Å². The minimum atomic E-state index is -1.20. The van der Waals surface area contributed by atoms with Crippen molar-refractivity contribution < 1.29 is 29.0 Å². The number of ether oxygens (including phenoxy) is 1. The highest BCUT2D eigenvalue weighted by molar-refractivity contribution is 5.94. The van der Waals surface area contributed by atoms with Crippen molar-refractivity contribution in [1.82, 2.24) is 20.8 Å². The summed E-state index contributed by atoms with van der Waals surface area (Å²) in [5.41, 5.74) is 11.3. The number of hydrogen-bond acceptors (Lipinski definition) is 8. The Balaban J connectivity index is 2.87. The Morgan fingerprint density at radius 1 is 1.16 bits per heavy atom. The summed E-state index contributed by atoms with van der Waals surface area (Å²) in [5, 5.41) is 10.9. The van der Waals surface area contributed by atoms with Crippen LogP contribution in [0, 0.1) is 0 Å². The van der Waals surface area contributed by atoms with Gasteiger partial charge in [0.1, 0.15) is 17.5 Å². The predicted molar refractivity (Wildman–Crippen MR) is 116 cm³/mol. The zero-order chi connectivity index (χ0) is 24.7. The van der Waals surface area contributed by atoms with Gasteiger partial charge in [-0.25, -0.2) is 20.2 Å². The molecule has 3 amide bonds. The zero-order valence-electron chi connectivity index (χ0n) is 19.2. The number of primary amides is 1. The van der Waals surface area contributed by atoms with Crippen LogP contribution >= 0.6 is 0 Å². The molecule has 0 saturated heterocycles. The van der Waals surface area contributed by atoms with E-state index in [1.807, 2.05) is 0 Å². The quantitative estimate of drug-likeness (QED) is 0.347. The molecule has 1 aromatic heterocycles. The highest BCUT2D eigenvalue weighted by Gasteiger charge is 2.35. The largest absolute Gasteiger partial charge is 0.480 e. The molecule has 1 heterocycles. The lowest BCUT2D eigenvalue weighted by Crippen LogP contribution is -2.60. The van der Waals surface area contributed by atoms with Crippen molar-refractivity contribution in [2.45, 2.75) is 71.6 Å². The molecule has 1 aromatic rings. The van der Waals surface area contributed by atoms with Gasteiger partial charge in [-0.2, -0.15) is 0 Å². The lowest BCUT2D eigenvalue weighted by atomic mass is 10.0. The van der Waals surface area contributed by atoms with Crippen molar-refractivity contribution in [2.24, 2.45) is 5.73 Å². The van der Waals surface area contributed by atoms with Gasteiger partial charge >= 0.3 is 12.1 Å². The molecule has 0 spiro atoms. The highest BCUT2D eigenvalue weighted by atomic mass is 16.6. The maximum Gasteiger partial charge on any atom is 0.426 e. The molecular weight excluding hydrogens is 420 g/mol. The maximum absolute atomic E-state index is 12.7. The Kier molecular flexibility index (Phi) is 8.95. The number of nitrogens with two attached hydrogens (primary N) is 1. The van der Waals surface area contributed by atoms with Crippen LogP contribution < -0.4 is 22.0 Å². The summed E-state index contributed by atoms with van der Waals surface area (Å²) in [4.78, 5) is 51.3. The van der Waals surface area contributed by atoms with E-state index in [2.05, 4.69) is 21.3 Å². The summed E-state index contributed by atoms with van der Waals surface area (Å²) in [6.07, 6.45) is 0.345. The molecule has 0 radical (unpaired) electrons. The SMILES string of the molecule is CC(C)(C)OC(=O)NNc1ccc(C(=O)NN([C@@H](CCC(N)=O)C(=O)O)C(C)(C)C)cn1. The second kappa shape index (κ2) is 10.8. The van der Waals surface area contributed by atoms with Gasteiger partial charge in [-0.05, 0) is 60.1 Å². The number of carboxylic acids is 1. The summed E-state index contributed by atoms with van der Waals surface area (Å²) in [5.74, 6) is -2.18. The minimum absolute atomic E-state index is 0.0698. The smallest absolute Gasteiger partial charge is 0.426 e. The molecule has 1 atom stereocenters. The number of amides is 3. The summed E-state index contributed by atoms with van der Waals surface area (Å²) in [6.45, 7) is 10.3. The van der Waals surface area contributed by atoms with E-state index in [9.17, 15) is 24.3 Å². The third kappa shape index (κ3) is 9.16. The van der Waals surface area contributed by atoms with Crippen LogP contribution in [-0.4, -0.2) is 56.2 Å². The molecule has 0 fully saturated rings. The van der Waals surface area contributed by atoms with Crippen LogP contribution in [0.3, 0.4) is 0 Å². The predicted octanol–water partition coefficient (Wildman–Crippen LogP) is 1.40. The number of rotatable bonds is 9. The number of carbonyl (C=O) groups excluding carboxylic acids is 3. The van der Waals surface area contributed by atoms with Crippen LogP contribution in [-0.2, 0) is 14.3 Å². The van der Waals surface area contributed by atoms with Crippen molar-refractivity contribution in [1.29, 1.82) is 0 Å². The number of nitrogens with zero attached hydrogens (tertiary/aromatic N) is 2. The van der Waals surface area contributed by atoms with Gasteiger partial charge < -0.3 is 15.6 Å². The van der Waals surface area contributed by atoms with Gasteiger partial charge in [0, 0.05) is 18.2 Å². The van der Waals surface area contributed by atoms with E-state index in [1.165, 1.54) is 23.3 Å². The molecule has 1 rings (SSSR count). The normalized spacial score (nSPS) is 12.6. The number of hydrazine groups is 2. The first kappa shape index (κ1) is 26.6. The molecule has 0 bridgehead atoms. The van der Waals surface area contributed by atoms with Gasteiger partial charge in [0.05, 0.1) is 5.56 Å². The fourth-order valence-electron chi connectivity index (χ4n) is 2.55. The fourth-order valence-corrected chi connectivity index (χ4v) is 2.55. The highest BCUT2D eigenvalue weighted by Crippen LogP contribution is 2.19. The number of aromatic nitrogens is 1. The van der Waals surface area contributed by atoms with Gasteiger partial charge in [-0.15, -0.1) is 0 Å². The van der Waals surface area contributed by atoms with E-state index in [4.69, 9.17) is 10.5 Å². The minimum Gasteiger partial charge on any atom is -0.480 e. The van der Waals surface area contributed by atoms with E-state index in [1.54, 1.807) is 41.5 Å². The molecule has 0 saturated carbocycles. The van der Waals surface area contributed by atoms with Gasteiger partial charge in [-0.1, -0.05) is 0 Å². The first-order valence-electron chi connectivity index (χ1n) is 9.92. The Bertz CT molecular complexity index is 828. The molecular formula is C20H32N6O6. The van der Waals surface area contributed by atoms with E-state index >= 15 is 0 Å². The average molecular weight is 453 g/mol. The zero-order valence-corrected chi connectivity index (χ0v) is 19.2. The Morgan fingerprint density at radius 3 is 2.22 bits per heavy atom. The fraction of sp³-hybridized carbons (Fsp3) is 0.550. The van der Waals surface area contributed by atoms with E-state index in [0.29, 0.717) is 0 Å². The number of carbonyl (C=O) groups is 4. The molecule has 6 N–H and O–H groups in total.